The minimum absolute atomic E-state index is 0.134. The number of rotatable bonds is 7. The number of benzene rings is 2. The molecule has 1 N–H and O–H groups in total. The summed E-state index contributed by atoms with van der Waals surface area (Å²) in [6.07, 6.45) is 3.56. The van der Waals surface area contributed by atoms with Gasteiger partial charge in [-0.25, -0.2) is 18.7 Å². The number of nitrogens with zero attached hydrogens (tertiary/aromatic N) is 3. The molecule has 0 fully saturated rings. The van der Waals surface area contributed by atoms with Crippen LogP contribution in [0, 0.1) is 11.6 Å². The van der Waals surface area contributed by atoms with Gasteiger partial charge in [-0.15, -0.1) is 0 Å². The van der Waals surface area contributed by atoms with Crippen LogP contribution < -0.4 is 10.3 Å². The van der Waals surface area contributed by atoms with Gasteiger partial charge >= 0.3 is 0 Å². The number of fused-ring (bicyclic) bond motifs is 1. The summed E-state index contributed by atoms with van der Waals surface area (Å²) in [7, 11) is 0. The molecule has 0 unspecified atom stereocenters. The van der Waals surface area contributed by atoms with Crippen LogP contribution in [0.5, 0.6) is 0 Å². The van der Waals surface area contributed by atoms with Crippen LogP contribution in [0.1, 0.15) is 25.5 Å². The lowest BCUT2D eigenvalue weighted by atomic mass is 10.0. The summed E-state index contributed by atoms with van der Waals surface area (Å²) in [5.74, 6) is -0.456. The molecular formula is C24H22F2N4OS2. The second kappa shape index (κ2) is 9.93. The third-order valence-electron chi connectivity index (χ3n) is 5.10. The third-order valence-corrected chi connectivity index (χ3v) is 6.48. The van der Waals surface area contributed by atoms with Gasteiger partial charge in [-0.05, 0) is 67.4 Å². The summed E-state index contributed by atoms with van der Waals surface area (Å²) >= 11 is 2.59. The molecule has 0 bridgehead atoms. The molecule has 0 atom stereocenters. The molecule has 2 aromatic carbocycles. The SMILES string of the molecule is CSc1ncc2cc(-c3ccc(NSCc4ccccc4F)c(F)c3)c(=O)n(C(C)C)c2n1. The molecule has 0 saturated heterocycles. The van der Waals surface area contributed by atoms with Crippen LogP contribution in [0.4, 0.5) is 14.5 Å². The first-order chi connectivity index (χ1) is 15.9. The second-order valence-corrected chi connectivity index (χ2v) is 9.19. The van der Waals surface area contributed by atoms with E-state index in [1.165, 1.54) is 35.8 Å². The summed E-state index contributed by atoms with van der Waals surface area (Å²) < 4.78 is 33.2. The fourth-order valence-electron chi connectivity index (χ4n) is 3.46. The van der Waals surface area contributed by atoms with E-state index in [0.29, 0.717) is 38.6 Å². The fraction of sp³-hybridized carbons (Fsp3) is 0.208. The molecular weight excluding hydrogens is 462 g/mol. The molecule has 0 aliphatic rings. The van der Waals surface area contributed by atoms with Gasteiger partial charge in [-0.3, -0.25) is 9.36 Å². The Morgan fingerprint density at radius 3 is 2.58 bits per heavy atom. The number of aromatic nitrogens is 3. The first kappa shape index (κ1) is 23.3. The maximum atomic E-state index is 14.9. The van der Waals surface area contributed by atoms with Crippen LogP contribution in [-0.2, 0) is 5.75 Å². The van der Waals surface area contributed by atoms with Gasteiger partial charge in [0.25, 0.3) is 5.56 Å². The molecule has 0 amide bonds. The maximum absolute atomic E-state index is 14.9. The van der Waals surface area contributed by atoms with Crippen LogP contribution in [0.2, 0.25) is 0 Å². The van der Waals surface area contributed by atoms with E-state index in [2.05, 4.69) is 14.7 Å². The predicted octanol–water partition coefficient (Wildman–Crippen LogP) is 6.30. The van der Waals surface area contributed by atoms with E-state index in [1.54, 1.807) is 47.2 Å². The Kier molecular flexibility index (Phi) is 6.99. The van der Waals surface area contributed by atoms with E-state index < -0.39 is 5.82 Å². The maximum Gasteiger partial charge on any atom is 0.260 e. The van der Waals surface area contributed by atoms with Gasteiger partial charge in [0.15, 0.2) is 5.16 Å². The van der Waals surface area contributed by atoms with Gasteiger partial charge in [-0.1, -0.05) is 36.0 Å². The van der Waals surface area contributed by atoms with Crippen molar-refractivity contribution in [1.29, 1.82) is 0 Å². The topological polar surface area (TPSA) is 59.8 Å². The molecule has 0 spiro atoms. The lowest BCUT2D eigenvalue weighted by Gasteiger charge is -2.16. The number of anilines is 1. The highest BCUT2D eigenvalue weighted by Gasteiger charge is 2.16. The molecule has 9 heteroatoms. The van der Waals surface area contributed by atoms with Crippen molar-refractivity contribution in [3.05, 3.63) is 82.3 Å². The third kappa shape index (κ3) is 4.89. The van der Waals surface area contributed by atoms with Gasteiger partial charge in [0.2, 0.25) is 0 Å². The average Bonchev–Trinajstić information content (AvgIpc) is 2.80. The number of hydrogen-bond acceptors (Lipinski definition) is 6. The van der Waals surface area contributed by atoms with Crippen molar-refractivity contribution in [2.24, 2.45) is 0 Å². The molecule has 4 rings (SSSR count). The average molecular weight is 485 g/mol. The van der Waals surface area contributed by atoms with Gasteiger partial charge in [0, 0.05) is 28.9 Å². The van der Waals surface area contributed by atoms with Crippen molar-refractivity contribution in [1.82, 2.24) is 14.5 Å². The summed E-state index contributed by atoms with van der Waals surface area (Å²) in [6.45, 7) is 3.82. The normalized spacial score (nSPS) is 11.3. The van der Waals surface area contributed by atoms with Crippen LogP contribution in [0.3, 0.4) is 0 Å². The number of thioether (sulfide) groups is 1. The van der Waals surface area contributed by atoms with Crippen molar-refractivity contribution in [3.63, 3.8) is 0 Å². The summed E-state index contributed by atoms with van der Waals surface area (Å²) in [5.41, 5.74) is 1.95. The molecule has 4 aromatic rings. The zero-order valence-electron chi connectivity index (χ0n) is 18.3. The van der Waals surface area contributed by atoms with E-state index >= 15 is 0 Å². The summed E-state index contributed by atoms with van der Waals surface area (Å²) in [6, 6.07) is 12.6. The largest absolute Gasteiger partial charge is 0.327 e. The Labute approximate surface area is 198 Å². The molecule has 2 aromatic heterocycles. The second-order valence-electron chi connectivity index (χ2n) is 7.64. The molecule has 2 heterocycles. The van der Waals surface area contributed by atoms with Crippen molar-refractivity contribution >= 4 is 40.4 Å². The lowest BCUT2D eigenvalue weighted by Crippen LogP contribution is -2.24. The molecule has 0 aliphatic carbocycles. The molecule has 0 radical (unpaired) electrons. The van der Waals surface area contributed by atoms with Crippen molar-refractivity contribution in [2.45, 2.75) is 30.8 Å². The van der Waals surface area contributed by atoms with Gasteiger partial charge < -0.3 is 4.72 Å². The molecule has 33 heavy (non-hydrogen) atoms. The molecule has 0 aliphatic heterocycles. The summed E-state index contributed by atoms with van der Waals surface area (Å²) in [5, 5.41) is 1.29. The van der Waals surface area contributed by atoms with Crippen LogP contribution >= 0.6 is 23.7 Å². The minimum Gasteiger partial charge on any atom is -0.327 e. The molecule has 5 nitrogen and oxygen atoms in total. The van der Waals surface area contributed by atoms with Gasteiger partial charge in [0.1, 0.15) is 17.3 Å². The first-order valence-corrected chi connectivity index (χ1v) is 12.5. The Hall–Kier alpha value is -2.91. The highest BCUT2D eigenvalue weighted by molar-refractivity contribution is 7.99. The van der Waals surface area contributed by atoms with Gasteiger partial charge in [-0.2, -0.15) is 0 Å². The predicted molar refractivity (Wildman–Crippen MR) is 133 cm³/mol. The van der Waals surface area contributed by atoms with E-state index in [-0.39, 0.29) is 23.1 Å². The highest BCUT2D eigenvalue weighted by atomic mass is 32.2. The Balaban J connectivity index is 1.64. The molecule has 0 saturated carbocycles. The fourth-order valence-corrected chi connectivity index (χ4v) is 4.58. The van der Waals surface area contributed by atoms with Crippen molar-refractivity contribution in [3.8, 4) is 11.1 Å². The minimum atomic E-state index is -0.502. The molecule has 170 valence electrons. The summed E-state index contributed by atoms with van der Waals surface area (Å²) in [4.78, 5) is 22.1. The Morgan fingerprint density at radius 1 is 1.09 bits per heavy atom. The van der Waals surface area contributed by atoms with Crippen molar-refractivity contribution in [2.75, 3.05) is 11.0 Å². The van der Waals surface area contributed by atoms with E-state index in [0.717, 1.165) is 0 Å². The number of nitrogens with one attached hydrogen (secondary N) is 1. The van der Waals surface area contributed by atoms with Gasteiger partial charge in [0.05, 0.1) is 5.69 Å². The van der Waals surface area contributed by atoms with Crippen LogP contribution in [0.25, 0.3) is 22.2 Å². The van der Waals surface area contributed by atoms with Crippen LogP contribution in [-0.4, -0.2) is 20.8 Å². The van der Waals surface area contributed by atoms with Crippen molar-refractivity contribution < 1.29 is 8.78 Å². The number of halogens is 2. The van der Waals surface area contributed by atoms with E-state index in [4.69, 9.17) is 0 Å². The number of hydrogen-bond donors (Lipinski definition) is 1. The van der Waals surface area contributed by atoms with E-state index in [9.17, 15) is 13.6 Å². The monoisotopic (exact) mass is 484 g/mol. The quantitative estimate of drug-likeness (QED) is 0.189. The smallest absolute Gasteiger partial charge is 0.260 e. The Bertz CT molecular complexity index is 1370. The highest BCUT2D eigenvalue weighted by Crippen LogP contribution is 2.28. The zero-order valence-corrected chi connectivity index (χ0v) is 19.9. The zero-order chi connectivity index (χ0) is 23.5. The van der Waals surface area contributed by atoms with Crippen LogP contribution in [0.15, 0.2) is 64.7 Å². The first-order valence-electron chi connectivity index (χ1n) is 10.3. The van der Waals surface area contributed by atoms with E-state index in [1.807, 2.05) is 20.1 Å². The standard InChI is InChI=1S/C24H22F2N4OS2/c1-14(2)30-22-17(12-27-24(28-22)32-3)10-18(23(30)31)15-8-9-21(20(26)11-15)29-33-13-16-6-4-5-7-19(16)25/h4-12,14,29H,13H2,1-3H3. The lowest BCUT2D eigenvalue weighted by molar-refractivity contribution is 0.593. The Morgan fingerprint density at radius 2 is 1.88 bits per heavy atom. The number of pyridine rings is 1.